The van der Waals surface area contributed by atoms with Crippen LogP contribution < -0.4 is 14.2 Å². The standard InChI is InChI=1S/C23H15F3N2O5/c1-31-21-13(6-4-10-27-21)17-18-15(8-9-16-20(18)33-23(25,26)32-16)28(19(17)22(29)30)11-12-5-2-3-7-14(12)24/h2-10H,11H2,1H3,(H,29,30). The van der Waals surface area contributed by atoms with Crippen molar-refractivity contribution in [3.63, 3.8) is 0 Å². The molecule has 168 valence electrons. The Kier molecular flexibility index (Phi) is 4.66. The Morgan fingerprint density at radius 3 is 2.67 bits per heavy atom. The highest BCUT2D eigenvalue weighted by molar-refractivity contribution is 6.12. The number of hydrogen-bond acceptors (Lipinski definition) is 5. The number of benzene rings is 2. The highest BCUT2D eigenvalue weighted by Crippen LogP contribution is 2.51. The molecule has 0 radical (unpaired) electrons. The van der Waals surface area contributed by atoms with Crippen LogP contribution in [0.2, 0.25) is 0 Å². The van der Waals surface area contributed by atoms with Crippen molar-refractivity contribution < 1.29 is 37.3 Å². The number of nitrogens with zero attached hydrogens (tertiary/aromatic N) is 2. The topological polar surface area (TPSA) is 82.8 Å². The Labute approximate surface area is 184 Å². The normalized spacial score (nSPS) is 13.9. The van der Waals surface area contributed by atoms with Gasteiger partial charge in [0.2, 0.25) is 5.88 Å². The average Bonchev–Trinajstić information content (AvgIpc) is 3.28. The Hall–Kier alpha value is -4.21. The van der Waals surface area contributed by atoms with Gasteiger partial charge in [0.05, 0.1) is 24.6 Å². The SMILES string of the molecule is COc1ncccc1-c1c(C(=O)O)n(Cc2ccccc2F)c2ccc3c(c12)OC(F)(F)O3. The molecule has 10 heteroatoms. The molecule has 1 aliphatic rings. The third-order valence-corrected chi connectivity index (χ3v) is 5.32. The van der Waals surface area contributed by atoms with E-state index in [2.05, 4.69) is 9.72 Å². The van der Waals surface area contributed by atoms with E-state index in [0.29, 0.717) is 0 Å². The van der Waals surface area contributed by atoms with E-state index in [9.17, 15) is 23.1 Å². The van der Waals surface area contributed by atoms with Gasteiger partial charge in [-0.3, -0.25) is 0 Å². The highest BCUT2D eigenvalue weighted by atomic mass is 19.3. The fraction of sp³-hybridized carbons (Fsp3) is 0.130. The number of pyridine rings is 1. The van der Waals surface area contributed by atoms with E-state index in [1.54, 1.807) is 18.2 Å². The lowest BCUT2D eigenvalue weighted by Gasteiger charge is -2.11. The summed E-state index contributed by atoms with van der Waals surface area (Å²) >= 11 is 0. The van der Waals surface area contributed by atoms with Crippen LogP contribution in [0.15, 0.2) is 54.7 Å². The quantitative estimate of drug-likeness (QED) is 0.459. The van der Waals surface area contributed by atoms with Crippen molar-refractivity contribution in [2.24, 2.45) is 0 Å². The summed E-state index contributed by atoms with van der Waals surface area (Å²) in [7, 11) is 1.35. The van der Waals surface area contributed by atoms with Gasteiger partial charge in [0.15, 0.2) is 11.5 Å². The van der Waals surface area contributed by atoms with Crippen LogP contribution in [-0.2, 0) is 6.54 Å². The highest BCUT2D eigenvalue weighted by Gasteiger charge is 2.45. The van der Waals surface area contributed by atoms with Crippen LogP contribution in [-0.4, -0.2) is 34.0 Å². The first-order chi connectivity index (χ1) is 15.8. The molecule has 4 aromatic rings. The third-order valence-electron chi connectivity index (χ3n) is 5.32. The molecule has 0 saturated heterocycles. The van der Waals surface area contributed by atoms with E-state index >= 15 is 0 Å². The summed E-state index contributed by atoms with van der Waals surface area (Å²) < 4.78 is 58.3. The Morgan fingerprint density at radius 1 is 1.15 bits per heavy atom. The van der Waals surface area contributed by atoms with E-state index in [1.807, 2.05) is 0 Å². The Balaban J connectivity index is 1.90. The minimum Gasteiger partial charge on any atom is -0.481 e. The molecule has 0 aliphatic carbocycles. The molecule has 7 nitrogen and oxygen atoms in total. The minimum atomic E-state index is -3.93. The van der Waals surface area contributed by atoms with E-state index in [-0.39, 0.29) is 57.2 Å². The van der Waals surface area contributed by atoms with Gasteiger partial charge in [0.1, 0.15) is 11.5 Å². The van der Waals surface area contributed by atoms with Gasteiger partial charge in [0.25, 0.3) is 0 Å². The van der Waals surface area contributed by atoms with Crippen LogP contribution in [0.1, 0.15) is 16.1 Å². The van der Waals surface area contributed by atoms with Gasteiger partial charge in [0, 0.05) is 22.9 Å². The summed E-state index contributed by atoms with van der Waals surface area (Å²) in [4.78, 5) is 16.6. The van der Waals surface area contributed by atoms with Crippen molar-refractivity contribution in [2.45, 2.75) is 12.8 Å². The number of carbonyl (C=O) groups is 1. The predicted octanol–water partition coefficient (Wildman–Crippen LogP) is 4.92. The van der Waals surface area contributed by atoms with Gasteiger partial charge in [-0.05, 0) is 30.3 Å². The first-order valence-corrected chi connectivity index (χ1v) is 9.72. The fourth-order valence-electron chi connectivity index (χ4n) is 4.03. The second-order valence-electron chi connectivity index (χ2n) is 7.22. The van der Waals surface area contributed by atoms with Gasteiger partial charge in [-0.15, -0.1) is 8.78 Å². The summed E-state index contributed by atoms with van der Waals surface area (Å²) in [5.74, 6) is -2.40. The molecule has 0 amide bonds. The first kappa shape index (κ1) is 20.7. The number of carboxylic acids is 1. The van der Waals surface area contributed by atoms with Crippen LogP contribution in [0.25, 0.3) is 22.0 Å². The summed E-state index contributed by atoms with van der Waals surface area (Å²) in [6, 6.07) is 11.7. The maximum Gasteiger partial charge on any atom is 0.586 e. The third kappa shape index (κ3) is 3.30. The second kappa shape index (κ2) is 7.44. The largest absolute Gasteiger partial charge is 0.586 e. The van der Waals surface area contributed by atoms with Gasteiger partial charge in [-0.25, -0.2) is 14.2 Å². The van der Waals surface area contributed by atoms with Gasteiger partial charge in [-0.1, -0.05) is 18.2 Å². The molecule has 0 spiro atoms. The number of rotatable bonds is 5. The average molecular weight is 456 g/mol. The molecule has 1 N–H and O–H groups in total. The smallest absolute Gasteiger partial charge is 0.481 e. The maximum atomic E-state index is 14.4. The Morgan fingerprint density at radius 2 is 1.94 bits per heavy atom. The number of halogens is 3. The Bertz CT molecular complexity index is 1420. The van der Waals surface area contributed by atoms with Crippen molar-refractivity contribution in [1.29, 1.82) is 0 Å². The number of aromatic carboxylic acids is 1. The molecule has 3 heterocycles. The van der Waals surface area contributed by atoms with E-state index in [1.165, 1.54) is 48.2 Å². The van der Waals surface area contributed by atoms with Crippen LogP contribution in [0, 0.1) is 5.82 Å². The number of alkyl halides is 2. The number of fused-ring (bicyclic) bond motifs is 3. The van der Waals surface area contributed by atoms with Crippen molar-refractivity contribution in [1.82, 2.24) is 9.55 Å². The molecule has 0 bridgehead atoms. The van der Waals surface area contributed by atoms with Crippen molar-refractivity contribution in [3.05, 3.63) is 71.8 Å². The van der Waals surface area contributed by atoms with E-state index in [4.69, 9.17) is 9.47 Å². The molecule has 0 unspecified atom stereocenters. The second-order valence-corrected chi connectivity index (χ2v) is 7.22. The van der Waals surface area contributed by atoms with Crippen molar-refractivity contribution >= 4 is 16.9 Å². The van der Waals surface area contributed by atoms with Crippen LogP contribution in [0.4, 0.5) is 13.2 Å². The van der Waals surface area contributed by atoms with Gasteiger partial charge >= 0.3 is 12.3 Å². The summed E-state index contributed by atoms with van der Waals surface area (Å²) in [6.45, 7) is -0.177. The van der Waals surface area contributed by atoms with Crippen LogP contribution in [0.3, 0.4) is 0 Å². The number of ether oxygens (including phenoxy) is 3. The lowest BCUT2D eigenvalue weighted by atomic mass is 10.0. The number of hydrogen-bond donors (Lipinski definition) is 1. The molecule has 0 saturated carbocycles. The number of aromatic nitrogens is 2. The van der Waals surface area contributed by atoms with Crippen LogP contribution >= 0.6 is 0 Å². The zero-order valence-electron chi connectivity index (χ0n) is 17.0. The molecule has 33 heavy (non-hydrogen) atoms. The van der Waals surface area contributed by atoms with E-state index in [0.717, 1.165) is 0 Å². The molecule has 1 aliphatic heterocycles. The molecule has 5 rings (SSSR count). The van der Waals surface area contributed by atoms with Crippen molar-refractivity contribution in [3.8, 4) is 28.5 Å². The lowest BCUT2D eigenvalue weighted by molar-refractivity contribution is -0.286. The zero-order valence-corrected chi connectivity index (χ0v) is 17.0. The van der Waals surface area contributed by atoms with E-state index < -0.39 is 18.1 Å². The number of methoxy groups -OCH3 is 1. The maximum absolute atomic E-state index is 14.4. The summed E-state index contributed by atoms with van der Waals surface area (Å²) in [5, 5.41) is 10.2. The predicted molar refractivity (Wildman–Crippen MR) is 110 cm³/mol. The fourth-order valence-corrected chi connectivity index (χ4v) is 4.03. The zero-order chi connectivity index (χ0) is 23.3. The lowest BCUT2D eigenvalue weighted by Crippen LogP contribution is -2.26. The van der Waals surface area contributed by atoms with Gasteiger partial charge in [-0.2, -0.15) is 0 Å². The first-order valence-electron chi connectivity index (χ1n) is 9.72. The molecular weight excluding hydrogens is 441 g/mol. The summed E-state index contributed by atoms with van der Waals surface area (Å²) in [5.41, 5.74) is 0.451. The van der Waals surface area contributed by atoms with Crippen LogP contribution in [0.5, 0.6) is 17.4 Å². The summed E-state index contributed by atoms with van der Waals surface area (Å²) in [6.07, 6.45) is -2.48. The molecular formula is C23H15F3N2O5. The van der Waals surface area contributed by atoms with Gasteiger partial charge < -0.3 is 23.9 Å². The number of carboxylic acid groups (broad SMARTS) is 1. The monoisotopic (exact) mass is 456 g/mol. The minimum absolute atomic E-state index is 0.0388. The molecule has 2 aromatic carbocycles. The van der Waals surface area contributed by atoms with Crippen molar-refractivity contribution in [2.75, 3.05) is 7.11 Å². The molecule has 2 aromatic heterocycles. The molecule has 0 fully saturated rings. The molecule has 0 atom stereocenters.